The van der Waals surface area contributed by atoms with E-state index in [0.717, 1.165) is 24.3 Å². The van der Waals surface area contributed by atoms with Gasteiger partial charge < -0.3 is 9.67 Å². The first-order valence-corrected chi connectivity index (χ1v) is 7.20. The molecule has 1 aromatic heterocycles. The molecular formula is C16H25N3O. The van der Waals surface area contributed by atoms with Crippen LogP contribution in [0.4, 0.5) is 0 Å². The van der Waals surface area contributed by atoms with Crippen molar-refractivity contribution < 1.29 is 5.11 Å². The predicted octanol–water partition coefficient (Wildman–Crippen LogP) is 2.66. The number of aliphatic hydroxyl groups excluding tert-OH is 1. The number of nitrogens with zero attached hydrogens (tertiary/aromatic N) is 3. The smallest absolute Gasteiger partial charge is 0.126 e. The van der Waals surface area contributed by atoms with Crippen molar-refractivity contribution in [1.29, 1.82) is 0 Å². The lowest BCUT2D eigenvalue weighted by molar-refractivity contribution is 0.272. The second kappa shape index (κ2) is 5.94. The molecule has 0 aliphatic carbocycles. The Morgan fingerprint density at radius 2 is 1.90 bits per heavy atom. The van der Waals surface area contributed by atoms with E-state index in [0.29, 0.717) is 0 Å². The average Bonchev–Trinajstić information content (AvgIpc) is 2.73. The number of aliphatic hydroxyl groups is 1. The van der Waals surface area contributed by atoms with Crippen molar-refractivity contribution in [2.75, 3.05) is 20.7 Å². The van der Waals surface area contributed by atoms with Gasteiger partial charge in [-0.3, -0.25) is 4.90 Å². The Bertz CT molecular complexity index is 601. The molecule has 0 bridgehead atoms. The Morgan fingerprint density at radius 1 is 1.25 bits per heavy atom. The van der Waals surface area contributed by atoms with Gasteiger partial charge in [0.15, 0.2) is 0 Å². The van der Waals surface area contributed by atoms with Crippen LogP contribution in [0.5, 0.6) is 0 Å². The summed E-state index contributed by atoms with van der Waals surface area (Å²) in [6.07, 6.45) is 0.755. The van der Waals surface area contributed by atoms with E-state index < -0.39 is 0 Å². The van der Waals surface area contributed by atoms with Gasteiger partial charge in [0, 0.05) is 13.2 Å². The average molecular weight is 275 g/mol. The number of benzene rings is 1. The molecular weight excluding hydrogens is 250 g/mol. The minimum Gasteiger partial charge on any atom is -0.396 e. The van der Waals surface area contributed by atoms with Gasteiger partial charge in [0.1, 0.15) is 5.82 Å². The largest absolute Gasteiger partial charge is 0.396 e. The van der Waals surface area contributed by atoms with Gasteiger partial charge in [-0.1, -0.05) is 0 Å². The topological polar surface area (TPSA) is 41.3 Å². The monoisotopic (exact) mass is 275 g/mol. The molecule has 20 heavy (non-hydrogen) atoms. The van der Waals surface area contributed by atoms with Crippen LogP contribution < -0.4 is 0 Å². The third-order valence-corrected chi connectivity index (χ3v) is 4.08. The number of aromatic nitrogens is 2. The molecule has 1 heterocycles. The standard InChI is InChI=1S/C16H25N3O/c1-11-9-14-15(10-12(11)2)19(7-6-8-20)16(17-14)13(3)18(4)5/h9-10,13,20H,6-8H2,1-5H3. The van der Waals surface area contributed by atoms with E-state index in [9.17, 15) is 0 Å². The van der Waals surface area contributed by atoms with E-state index in [2.05, 4.69) is 56.5 Å². The molecule has 0 amide bonds. The fourth-order valence-corrected chi connectivity index (χ4v) is 2.41. The zero-order chi connectivity index (χ0) is 14.9. The normalized spacial score (nSPS) is 13.3. The van der Waals surface area contributed by atoms with E-state index >= 15 is 0 Å². The van der Waals surface area contributed by atoms with Gasteiger partial charge in [-0.25, -0.2) is 4.98 Å². The zero-order valence-corrected chi connectivity index (χ0v) is 13.1. The Kier molecular flexibility index (Phi) is 4.45. The minimum absolute atomic E-state index is 0.209. The van der Waals surface area contributed by atoms with Crippen LogP contribution in [0.2, 0.25) is 0 Å². The molecule has 0 radical (unpaired) electrons. The van der Waals surface area contributed by atoms with Crippen molar-refractivity contribution in [2.45, 2.75) is 39.8 Å². The molecule has 1 aromatic carbocycles. The summed E-state index contributed by atoms with van der Waals surface area (Å²) in [5.41, 5.74) is 4.78. The quantitative estimate of drug-likeness (QED) is 0.912. The highest BCUT2D eigenvalue weighted by molar-refractivity contribution is 5.78. The molecule has 1 N–H and O–H groups in total. The van der Waals surface area contributed by atoms with E-state index in [1.165, 1.54) is 16.6 Å². The maximum Gasteiger partial charge on any atom is 0.126 e. The fraction of sp³-hybridized carbons (Fsp3) is 0.562. The van der Waals surface area contributed by atoms with Crippen molar-refractivity contribution in [3.8, 4) is 0 Å². The van der Waals surface area contributed by atoms with Gasteiger partial charge in [-0.2, -0.15) is 0 Å². The molecule has 0 saturated carbocycles. The number of rotatable bonds is 5. The summed E-state index contributed by atoms with van der Waals surface area (Å²) in [6.45, 7) is 7.43. The molecule has 2 aromatic rings. The molecule has 1 atom stereocenters. The van der Waals surface area contributed by atoms with Crippen molar-refractivity contribution in [1.82, 2.24) is 14.5 Å². The van der Waals surface area contributed by atoms with Gasteiger partial charge in [0.05, 0.1) is 17.1 Å². The van der Waals surface area contributed by atoms with Gasteiger partial charge in [-0.15, -0.1) is 0 Å². The molecule has 4 nitrogen and oxygen atoms in total. The maximum absolute atomic E-state index is 9.13. The highest BCUT2D eigenvalue weighted by atomic mass is 16.3. The maximum atomic E-state index is 9.13. The summed E-state index contributed by atoms with van der Waals surface area (Å²) in [5.74, 6) is 1.07. The molecule has 0 saturated heterocycles. The molecule has 0 spiro atoms. The molecule has 0 aliphatic rings. The third kappa shape index (κ3) is 2.72. The fourth-order valence-electron chi connectivity index (χ4n) is 2.41. The van der Waals surface area contributed by atoms with Crippen molar-refractivity contribution in [2.24, 2.45) is 0 Å². The number of fused-ring (bicyclic) bond motifs is 1. The molecule has 4 heteroatoms. The minimum atomic E-state index is 0.209. The van der Waals surface area contributed by atoms with Crippen LogP contribution in [0.3, 0.4) is 0 Å². The van der Waals surface area contributed by atoms with E-state index in [4.69, 9.17) is 10.1 Å². The number of hydrogen-bond donors (Lipinski definition) is 1. The van der Waals surface area contributed by atoms with Gasteiger partial charge in [0.25, 0.3) is 0 Å². The first kappa shape index (κ1) is 15.0. The lowest BCUT2D eigenvalue weighted by Crippen LogP contribution is -2.21. The van der Waals surface area contributed by atoms with Crippen molar-refractivity contribution >= 4 is 11.0 Å². The number of imidazole rings is 1. The summed E-state index contributed by atoms with van der Waals surface area (Å²) in [6, 6.07) is 4.62. The van der Waals surface area contributed by atoms with E-state index in [1.54, 1.807) is 0 Å². The highest BCUT2D eigenvalue weighted by Crippen LogP contribution is 2.26. The number of aryl methyl sites for hydroxylation is 3. The summed E-state index contributed by atoms with van der Waals surface area (Å²) in [7, 11) is 4.13. The first-order valence-electron chi connectivity index (χ1n) is 7.20. The zero-order valence-electron chi connectivity index (χ0n) is 13.1. The molecule has 2 rings (SSSR count). The van der Waals surface area contributed by atoms with Crippen LogP contribution in [-0.2, 0) is 6.54 Å². The van der Waals surface area contributed by atoms with Crippen LogP contribution in [0.1, 0.15) is 36.3 Å². The summed E-state index contributed by atoms with van der Waals surface area (Å²) < 4.78 is 2.25. The lowest BCUT2D eigenvalue weighted by Gasteiger charge is -2.20. The van der Waals surface area contributed by atoms with Crippen LogP contribution in [0.25, 0.3) is 11.0 Å². The van der Waals surface area contributed by atoms with Crippen molar-refractivity contribution in [3.05, 3.63) is 29.1 Å². The van der Waals surface area contributed by atoms with Crippen LogP contribution in [0.15, 0.2) is 12.1 Å². The second-order valence-corrected chi connectivity index (χ2v) is 5.76. The molecule has 1 unspecified atom stereocenters. The Labute approximate surface area is 121 Å². The lowest BCUT2D eigenvalue weighted by atomic mass is 10.1. The van der Waals surface area contributed by atoms with E-state index in [1.807, 2.05) is 0 Å². The molecule has 0 fully saturated rings. The van der Waals surface area contributed by atoms with E-state index in [-0.39, 0.29) is 12.6 Å². The van der Waals surface area contributed by atoms with Crippen LogP contribution in [-0.4, -0.2) is 40.3 Å². The third-order valence-electron chi connectivity index (χ3n) is 4.08. The SMILES string of the molecule is Cc1cc2nc(C(C)N(C)C)n(CCCO)c2cc1C. The van der Waals surface area contributed by atoms with Crippen molar-refractivity contribution in [3.63, 3.8) is 0 Å². The Balaban J connectivity index is 2.60. The van der Waals surface area contributed by atoms with Gasteiger partial charge >= 0.3 is 0 Å². The molecule has 0 aliphatic heterocycles. The Hall–Kier alpha value is -1.39. The summed E-state index contributed by atoms with van der Waals surface area (Å²) in [5, 5.41) is 9.13. The van der Waals surface area contributed by atoms with Gasteiger partial charge in [-0.05, 0) is 64.5 Å². The number of hydrogen-bond acceptors (Lipinski definition) is 3. The second-order valence-electron chi connectivity index (χ2n) is 5.76. The first-order chi connectivity index (χ1) is 9.45. The predicted molar refractivity (Wildman–Crippen MR) is 83.0 cm³/mol. The van der Waals surface area contributed by atoms with Gasteiger partial charge in [0.2, 0.25) is 0 Å². The summed E-state index contributed by atoms with van der Waals surface area (Å²) >= 11 is 0. The summed E-state index contributed by atoms with van der Waals surface area (Å²) in [4.78, 5) is 6.99. The van der Waals surface area contributed by atoms with Crippen LogP contribution >= 0.6 is 0 Å². The molecule has 110 valence electrons. The van der Waals surface area contributed by atoms with Crippen LogP contribution in [0, 0.1) is 13.8 Å². The highest BCUT2D eigenvalue weighted by Gasteiger charge is 2.18. The Morgan fingerprint density at radius 3 is 2.50 bits per heavy atom.